The molecule has 3 rings (SSSR count). The zero-order valence-corrected chi connectivity index (χ0v) is 14.4. The number of aryl methyl sites for hydroxylation is 1. The normalized spacial score (nSPS) is 16.4. The van der Waals surface area contributed by atoms with E-state index < -0.39 is 5.92 Å². The number of rotatable bonds is 1. The number of allylic oxidation sites excluding steroid dienone is 1. The summed E-state index contributed by atoms with van der Waals surface area (Å²) < 4.78 is 7.01. The van der Waals surface area contributed by atoms with Crippen LogP contribution in [0.2, 0.25) is 10.0 Å². The fraction of sp³-hybridized carbons (Fsp3) is 0.176. The van der Waals surface area contributed by atoms with E-state index in [-0.39, 0.29) is 22.0 Å². The molecule has 1 aromatic carbocycles. The third-order valence-electron chi connectivity index (χ3n) is 4.15. The zero-order valence-electron chi connectivity index (χ0n) is 12.9. The number of halogens is 2. The van der Waals surface area contributed by atoms with Crippen LogP contribution in [0, 0.1) is 18.3 Å². The number of nitrogens with zero attached hydrogens (tertiary/aromatic N) is 2. The Bertz CT molecular complexity index is 987. The molecule has 122 valence electrons. The van der Waals surface area contributed by atoms with Gasteiger partial charge in [0.1, 0.15) is 17.4 Å². The largest absolute Gasteiger partial charge is 0.440 e. The van der Waals surface area contributed by atoms with Crippen LogP contribution in [0.1, 0.15) is 22.7 Å². The van der Waals surface area contributed by atoms with Crippen molar-refractivity contribution in [2.24, 2.45) is 12.8 Å². The Kier molecular flexibility index (Phi) is 4.04. The SMILES string of the molecule is Cc1cc2c(c(=O)n1C)[C@@H](c1cccc(Cl)c1Cl)C(C#N)=C(N)O2. The van der Waals surface area contributed by atoms with Gasteiger partial charge in [0.25, 0.3) is 5.56 Å². The Labute approximate surface area is 148 Å². The Balaban J connectivity index is 2.40. The van der Waals surface area contributed by atoms with Crippen LogP contribution >= 0.6 is 23.2 Å². The van der Waals surface area contributed by atoms with Gasteiger partial charge in [0.2, 0.25) is 5.88 Å². The van der Waals surface area contributed by atoms with E-state index in [9.17, 15) is 10.1 Å². The third kappa shape index (κ3) is 2.35. The van der Waals surface area contributed by atoms with Crippen LogP contribution in [0.4, 0.5) is 0 Å². The molecule has 0 bridgehead atoms. The van der Waals surface area contributed by atoms with Crippen molar-refractivity contribution in [3.8, 4) is 11.8 Å². The average Bonchev–Trinajstić information content (AvgIpc) is 2.54. The van der Waals surface area contributed by atoms with E-state index in [0.29, 0.717) is 27.6 Å². The molecule has 1 aliphatic heterocycles. The molecule has 7 heteroatoms. The highest BCUT2D eigenvalue weighted by Gasteiger charge is 2.35. The number of pyridine rings is 1. The molecule has 0 saturated carbocycles. The van der Waals surface area contributed by atoms with Gasteiger partial charge in [0.15, 0.2) is 0 Å². The number of aromatic nitrogens is 1. The van der Waals surface area contributed by atoms with E-state index in [4.69, 9.17) is 33.7 Å². The molecule has 1 atom stereocenters. The van der Waals surface area contributed by atoms with Crippen molar-refractivity contribution in [2.45, 2.75) is 12.8 Å². The standard InChI is InChI=1S/C17H13Cl2N3O2/c1-8-6-12-14(17(23)22(8)2)13(10(7-20)16(21)24-12)9-4-3-5-11(18)15(9)19/h3-6,13H,21H2,1-2H3/t13-/m0/s1. The third-order valence-corrected chi connectivity index (χ3v) is 4.98. The van der Waals surface area contributed by atoms with Crippen molar-refractivity contribution < 1.29 is 4.74 Å². The van der Waals surface area contributed by atoms with Crippen LogP contribution in [0.15, 0.2) is 40.5 Å². The minimum atomic E-state index is -0.732. The van der Waals surface area contributed by atoms with Crippen molar-refractivity contribution in [3.63, 3.8) is 0 Å². The smallest absolute Gasteiger partial charge is 0.258 e. The van der Waals surface area contributed by atoms with Gasteiger partial charge in [-0.15, -0.1) is 0 Å². The van der Waals surface area contributed by atoms with Gasteiger partial charge in [0.05, 0.1) is 21.5 Å². The number of ether oxygens (including phenoxy) is 1. The summed E-state index contributed by atoms with van der Waals surface area (Å²) in [4.78, 5) is 12.8. The van der Waals surface area contributed by atoms with Crippen LogP contribution in [0.5, 0.6) is 5.75 Å². The van der Waals surface area contributed by atoms with E-state index >= 15 is 0 Å². The number of nitrogens with two attached hydrogens (primary N) is 1. The maximum Gasteiger partial charge on any atom is 0.258 e. The zero-order chi connectivity index (χ0) is 17.6. The molecule has 2 N–H and O–H groups in total. The maximum absolute atomic E-state index is 12.8. The van der Waals surface area contributed by atoms with Crippen LogP contribution in [0.25, 0.3) is 0 Å². The lowest BCUT2D eigenvalue weighted by Crippen LogP contribution is -2.31. The Morgan fingerprint density at radius 2 is 2.08 bits per heavy atom. The Morgan fingerprint density at radius 1 is 1.38 bits per heavy atom. The molecular weight excluding hydrogens is 349 g/mol. The van der Waals surface area contributed by atoms with E-state index in [0.717, 1.165) is 0 Å². The Hall–Kier alpha value is -2.42. The molecule has 24 heavy (non-hydrogen) atoms. The molecule has 1 aromatic heterocycles. The first-order chi connectivity index (χ1) is 11.4. The van der Waals surface area contributed by atoms with E-state index in [2.05, 4.69) is 0 Å². The summed E-state index contributed by atoms with van der Waals surface area (Å²) in [6.45, 7) is 1.78. The summed E-state index contributed by atoms with van der Waals surface area (Å²) in [6, 6.07) is 8.81. The van der Waals surface area contributed by atoms with Gasteiger partial charge in [-0.25, -0.2) is 0 Å². The summed E-state index contributed by atoms with van der Waals surface area (Å²) >= 11 is 12.4. The topological polar surface area (TPSA) is 81.0 Å². The number of nitriles is 1. The van der Waals surface area contributed by atoms with E-state index in [1.165, 1.54) is 4.57 Å². The van der Waals surface area contributed by atoms with Crippen LogP contribution in [-0.4, -0.2) is 4.57 Å². The quantitative estimate of drug-likeness (QED) is 0.845. The second-order valence-electron chi connectivity index (χ2n) is 5.50. The molecule has 1 aliphatic rings. The number of fused-ring (bicyclic) bond motifs is 1. The number of hydrogen-bond donors (Lipinski definition) is 1. The predicted octanol–water partition coefficient (Wildman–Crippen LogP) is 3.22. The lowest BCUT2D eigenvalue weighted by atomic mass is 9.84. The van der Waals surface area contributed by atoms with Gasteiger partial charge in [-0.05, 0) is 18.6 Å². The molecule has 2 aromatic rings. The minimum absolute atomic E-state index is 0.0429. The molecular formula is C17H13Cl2N3O2. The number of hydrogen-bond acceptors (Lipinski definition) is 4. The van der Waals surface area contributed by atoms with Crippen LogP contribution < -0.4 is 16.0 Å². The lowest BCUT2D eigenvalue weighted by molar-refractivity contribution is 0.389. The summed E-state index contributed by atoms with van der Waals surface area (Å²) in [7, 11) is 1.66. The Morgan fingerprint density at radius 3 is 2.75 bits per heavy atom. The first-order valence-electron chi connectivity index (χ1n) is 7.08. The molecule has 0 unspecified atom stereocenters. The first-order valence-corrected chi connectivity index (χ1v) is 7.84. The molecule has 0 spiro atoms. The fourth-order valence-electron chi connectivity index (χ4n) is 2.79. The van der Waals surface area contributed by atoms with Crippen molar-refractivity contribution >= 4 is 23.2 Å². The van der Waals surface area contributed by atoms with Gasteiger partial charge in [-0.3, -0.25) is 4.79 Å². The number of benzene rings is 1. The molecule has 0 amide bonds. The van der Waals surface area contributed by atoms with Crippen LogP contribution in [0.3, 0.4) is 0 Å². The highest BCUT2D eigenvalue weighted by atomic mass is 35.5. The summed E-state index contributed by atoms with van der Waals surface area (Å²) in [5.41, 5.74) is 7.33. The van der Waals surface area contributed by atoms with Gasteiger partial charge in [-0.2, -0.15) is 5.26 Å². The fourth-order valence-corrected chi connectivity index (χ4v) is 3.21. The monoisotopic (exact) mass is 361 g/mol. The minimum Gasteiger partial charge on any atom is -0.440 e. The predicted molar refractivity (Wildman–Crippen MR) is 92.2 cm³/mol. The highest BCUT2D eigenvalue weighted by Crippen LogP contribution is 2.43. The van der Waals surface area contributed by atoms with Gasteiger partial charge < -0.3 is 15.0 Å². The molecule has 0 fully saturated rings. The van der Waals surface area contributed by atoms with Gasteiger partial charge in [-0.1, -0.05) is 35.3 Å². The summed E-state index contributed by atoms with van der Waals surface area (Å²) in [5, 5.41) is 10.2. The molecule has 0 aliphatic carbocycles. The van der Waals surface area contributed by atoms with Crippen LogP contribution in [-0.2, 0) is 7.05 Å². The van der Waals surface area contributed by atoms with Gasteiger partial charge in [0, 0.05) is 18.8 Å². The van der Waals surface area contributed by atoms with Crippen molar-refractivity contribution in [3.05, 3.63) is 72.9 Å². The highest BCUT2D eigenvalue weighted by molar-refractivity contribution is 6.42. The summed E-state index contributed by atoms with van der Waals surface area (Å²) in [5.74, 6) is -0.448. The maximum atomic E-state index is 12.8. The molecule has 0 radical (unpaired) electrons. The van der Waals surface area contributed by atoms with E-state index in [1.54, 1.807) is 38.2 Å². The summed E-state index contributed by atoms with van der Waals surface area (Å²) in [6.07, 6.45) is 0. The van der Waals surface area contributed by atoms with Crippen molar-refractivity contribution in [1.29, 1.82) is 5.26 Å². The first kappa shape index (κ1) is 16.4. The van der Waals surface area contributed by atoms with Gasteiger partial charge >= 0.3 is 0 Å². The van der Waals surface area contributed by atoms with Crippen molar-refractivity contribution in [2.75, 3.05) is 0 Å². The molecule has 0 saturated heterocycles. The second-order valence-corrected chi connectivity index (χ2v) is 6.28. The lowest BCUT2D eigenvalue weighted by Gasteiger charge is -2.27. The average molecular weight is 362 g/mol. The van der Waals surface area contributed by atoms with Crippen molar-refractivity contribution in [1.82, 2.24) is 4.57 Å². The molecule has 2 heterocycles. The second kappa shape index (κ2) is 5.90. The van der Waals surface area contributed by atoms with E-state index in [1.807, 2.05) is 6.07 Å². The molecule has 5 nitrogen and oxygen atoms in total.